The summed E-state index contributed by atoms with van der Waals surface area (Å²) < 4.78 is 16.9. The summed E-state index contributed by atoms with van der Waals surface area (Å²) >= 11 is 0. The van der Waals surface area contributed by atoms with E-state index in [1.807, 2.05) is 0 Å². The lowest BCUT2D eigenvalue weighted by molar-refractivity contribution is -0.167. The maximum atomic E-state index is 12.9. The van der Waals surface area contributed by atoms with Gasteiger partial charge in [-0.25, -0.2) is 0 Å². The smallest absolute Gasteiger partial charge is 0.306 e. The molecule has 414 valence electrons. The molecule has 0 saturated carbocycles. The first-order valence-electron chi connectivity index (χ1n) is 30.6. The highest BCUT2D eigenvalue weighted by Gasteiger charge is 2.19. The van der Waals surface area contributed by atoms with Crippen molar-refractivity contribution >= 4 is 17.9 Å². The number of carbonyl (C=O) groups excluding carboxylic acids is 3. The molecule has 0 saturated heterocycles. The molecule has 0 amide bonds. The molecule has 6 nitrogen and oxygen atoms in total. The number of allylic oxidation sites excluding steroid dienone is 14. The summed E-state index contributed by atoms with van der Waals surface area (Å²) in [5, 5.41) is 0. The average molecular weight is 1000 g/mol. The van der Waals surface area contributed by atoms with Crippen molar-refractivity contribution in [2.24, 2.45) is 0 Å². The van der Waals surface area contributed by atoms with Crippen LogP contribution >= 0.6 is 0 Å². The Hall–Kier alpha value is -3.41. The Bertz CT molecular complexity index is 1380. The number of hydrogen-bond donors (Lipinski definition) is 0. The molecule has 6 heteroatoms. The molecule has 0 aromatic rings. The second-order valence-corrected chi connectivity index (χ2v) is 20.2. The van der Waals surface area contributed by atoms with E-state index in [1.54, 1.807) is 0 Å². The quantitative estimate of drug-likeness (QED) is 0.0261. The third-order valence-corrected chi connectivity index (χ3v) is 13.1. The summed E-state index contributed by atoms with van der Waals surface area (Å²) in [5.74, 6) is -0.883. The molecule has 0 aliphatic rings. The first-order chi connectivity index (χ1) is 35.5. The second kappa shape index (κ2) is 60.1. The fraction of sp³-hybridized carbons (Fsp3) is 0.742. The van der Waals surface area contributed by atoms with E-state index in [2.05, 4.69) is 106 Å². The average Bonchev–Trinajstić information content (AvgIpc) is 3.38. The summed E-state index contributed by atoms with van der Waals surface area (Å²) in [6, 6.07) is 0. The van der Waals surface area contributed by atoms with Crippen LogP contribution in [-0.2, 0) is 28.6 Å². The Morgan fingerprint density at radius 3 is 0.861 bits per heavy atom. The number of rotatable bonds is 55. The van der Waals surface area contributed by atoms with E-state index in [0.717, 1.165) is 103 Å². The lowest BCUT2D eigenvalue weighted by atomic mass is 10.0. The molecule has 0 fully saturated rings. The lowest BCUT2D eigenvalue weighted by Crippen LogP contribution is -2.30. The largest absolute Gasteiger partial charge is 0.462 e. The fourth-order valence-electron chi connectivity index (χ4n) is 8.56. The van der Waals surface area contributed by atoms with Gasteiger partial charge in [0.1, 0.15) is 13.2 Å². The Balaban J connectivity index is 4.22. The Morgan fingerprint density at radius 2 is 0.542 bits per heavy atom. The monoisotopic (exact) mass is 1000 g/mol. The normalized spacial score (nSPS) is 12.7. The minimum absolute atomic E-state index is 0.0780. The van der Waals surface area contributed by atoms with Gasteiger partial charge in [-0.2, -0.15) is 0 Å². The van der Waals surface area contributed by atoms with Crippen LogP contribution in [0.25, 0.3) is 0 Å². The molecule has 1 unspecified atom stereocenters. The molecule has 0 heterocycles. The number of hydrogen-bond acceptors (Lipinski definition) is 6. The van der Waals surface area contributed by atoms with Crippen LogP contribution < -0.4 is 0 Å². The molecule has 0 aromatic heterocycles. The van der Waals surface area contributed by atoms with Crippen molar-refractivity contribution in [2.75, 3.05) is 13.2 Å². The number of esters is 3. The minimum atomic E-state index is -0.780. The second-order valence-electron chi connectivity index (χ2n) is 20.2. The van der Waals surface area contributed by atoms with Crippen molar-refractivity contribution in [1.82, 2.24) is 0 Å². The zero-order chi connectivity index (χ0) is 52.2. The van der Waals surface area contributed by atoms with Gasteiger partial charge in [0.05, 0.1) is 0 Å². The summed E-state index contributed by atoms with van der Waals surface area (Å²) in [6.07, 6.45) is 78.7. The molecular weight excluding hydrogens is 889 g/mol. The zero-order valence-corrected chi connectivity index (χ0v) is 47.4. The van der Waals surface area contributed by atoms with Gasteiger partial charge in [-0.3, -0.25) is 14.4 Å². The molecule has 0 spiro atoms. The van der Waals surface area contributed by atoms with Gasteiger partial charge < -0.3 is 14.2 Å². The predicted molar refractivity (Wildman–Crippen MR) is 311 cm³/mol. The van der Waals surface area contributed by atoms with Crippen molar-refractivity contribution in [1.29, 1.82) is 0 Å². The third kappa shape index (κ3) is 57.5. The molecule has 0 aliphatic heterocycles. The van der Waals surface area contributed by atoms with E-state index in [0.29, 0.717) is 19.3 Å². The van der Waals surface area contributed by atoms with Crippen LogP contribution in [0.5, 0.6) is 0 Å². The van der Waals surface area contributed by atoms with Gasteiger partial charge in [-0.15, -0.1) is 0 Å². The van der Waals surface area contributed by atoms with Crippen LogP contribution in [0.1, 0.15) is 297 Å². The summed E-state index contributed by atoms with van der Waals surface area (Å²) in [7, 11) is 0. The third-order valence-electron chi connectivity index (χ3n) is 13.1. The van der Waals surface area contributed by atoms with Gasteiger partial charge in [0, 0.05) is 19.3 Å². The van der Waals surface area contributed by atoms with Crippen LogP contribution in [0.4, 0.5) is 0 Å². The zero-order valence-electron chi connectivity index (χ0n) is 47.4. The van der Waals surface area contributed by atoms with Crippen LogP contribution in [0, 0.1) is 0 Å². The van der Waals surface area contributed by atoms with Crippen LogP contribution in [0.2, 0.25) is 0 Å². The van der Waals surface area contributed by atoms with Crippen molar-refractivity contribution in [3.63, 3.8) is 0 Å². The van der Waals surface area contributed by atoms with Gasteiger partial charge in [0.25, 0.3) is 0 Å². The van der Waals surface area contributed by atoms with Crippen LogP contribution in [0.15, 0.2) is 85.1 Å². The van der Waals surface area contributed by atoms with Gasteiger partial charge in [0.2, 0.25) is 0 Å². The van der Waals surface area contributed by atoms with Gasteiger partial charge in [-0.05, 0) is 96.3 Å². The molecule has 0 bridgehead atoms. The van der Waals surface area contributed by atoms with E-state index in [4.69, 9.17) is 14.2 Å². The van der Waals surface area contributed by atoms with E-state index in [9.17, 15) is 14.4 Å². The SMILES string of the molecule is CC/C=C\C/C=C\C/C=C\C/C=C\C/C=C\CCCCCCCCCCCCCC(=O)OCC(COC(=O)CCCCCCCCCCC)OC(=O)CCCCCCCCC/C=C\C/C=C\CCCCCC. The first-order valence-corrected chi connectivity index (χ1v) is 30.6. The highest BCUT2D eigenvalue weighted by Crippen LogP contribution is 2.16. The van der Waals surface area contributed by atoms with Crippen LogP contribution in [-0.4, -0.2) is 37.2 Å². The van der Waals surface area contributed by atoms with E-state index in [1.165, 1.54) is 154 Å². The molecule has 0 N–H and O–H groups in total. The number of carbonyl (C=O) groups is 3. The van der Waals surface area contributed by atoms with Crippen molar-refractivity contribution in [3.8, 4) is 0 Å². The summed E-state index contributed by atoms with van der Waals surface area (Å²) in [6.45, 7) is 6.50. The topological polar surface area (TPSA) is 78.9 Å². The van der Waals surface area contributed by atoms with Gasteiger partial charge >= 0.3 is 17.9 Å². The maximum Gasteiger partial charge on any atom is 0.306 e. The first kappa shape index (κ1) is 68.6. The Morgan fingerprint density at radius 1 is 0.292 bits per heavy atom. The number of unbranched alkanes of at least 4 members (excludes halogenated alkanes) is 30. The van der Waals surface area contributed by atoms with Gasteiger partial charge in [-0.1, -0.05) is 266 Å². The molecule has 72 heavy (non-hydrogen) atoms. The van der Waals surface area contributed by atoms with E-state index in [-0.39, 0.29) is 31.1 Å². The summed E-state index contributed by atoms with van der Waals surface area (Å²) in [5.41, 5.74) is 0. The summed E-state index contributed by atoms with van der Waals surface area (Å²) in [4.78, 5) is 38.1. The highest BCUT2D eigenvalue weighted by atomic mass is 16.6. The standard InChI is InChI=1S/C66H114O6/c1-4-7-10-13-16-19-21-23-25-27-29-30-31-32-33-34-35-36-37-39-40-42-44-47-50-53-56-59-65(68)71-62-63(61-70-64(67)58-55-52-49-46-18-15-12-9-6-3)72-66(69)60-57-54-51-48-45-43-41-38-28-26-24-22-20-17-14-11-8-5-2/h7,10,16,19-20,22-23,25-26,28-30,32-33,63H,4-6,8-9,11-15,17-18,21,24,27,31,34-62H2,1-3H3/b10-7-,19-16-,22-20-,25-23-,28-26-,30-29-,33-32-. The molecule has 0 rings (SSSR count). The Labute approximate surface area is 445 Å². The fourth-order valence-corrected chi connectivity index (χ4v) is 8.56. The number of ether oxygens (including phenoxy) is 3. The van der Waals surface area contributed by atoms with Crippen LogP contribution in [0.3, 0.4) is 0 Å². The lowest BCUT2D eigenvalue weighted by Gasteiger charge is -2.18. The predicted octanol–water partition coefficient (Wildman–Crippen LogP) is 20.7. The van der Waals surface area contributed by atoms with E-state index >= 15 is 0 Å². The maximum absolute atomic E-state index is 12.9. The molecule has 0 aliphatic carbocycles. The highest BCUT2D eigenvalue weighted by molar-refractivity contribution is 5.71. The molecule has 1 atom stereocenters. The molecular formula is C66H114O6. The van der Waals surface area contributed by atoms with Crippen molar-refractivity contribution < 1.29 is 28.6 Å². The van der Waals surface area contributed by atoms with Crippen molar-refractivity contribution in [2.45, 2.75) is 303 Å². The minimum Gasteiger partial charge on any atom is -0.462 e. The van der Waals surface area contributed by atoms with E-state index < -0.39 is 6.10 Å². The van der Waals surface area contributed by atoms with Gasteiger partial charge in [0.15, 0.2) is 6.10 Å². The molecule has 0 aromatic carbocycles. The Kier molecular flexibility index (Phi) is 57.3. The molecule has 0 radical (unpaired) electrons. The van der Waals surface area contributed by atoms with Crippen molar-refractivity contribution in [3.05, 3.63) is 85.1 Å².